The van der Waals surface area contributed by atoms with Gasteiger partial charge in [-0.05, 0) is 37.1 Å². The van der Waals surface area contributed by atoms with Gasteiger partial charge in [0.05, 0.1) is 21.9 Å². The molecule has 0 aliphatic heterocycles. The number of nitrogens with one attached hydrogen (secondary N) is 1. The number of nitrogens with two attached hydrogens (primary N) is 1. The number of fused-ring (bicyclic) bond motifs is 1. The van der Waals surface area contributed by atoms with Crippen LogP contribution in [0.3, 0.4) is 0 Å². The van der Waals surface area contributed by atoms with E-state index >= 15 is 0 Å². The van der Waals surface area contributed by atoms with Gasteiger partial charge in [0.1, 0.15) is 4.83 Å². The minimum Gasteiger partial charge on any atom is -0.478 e. The van der Waals surface area contributed by atoms with Crippen molar-refractivity contribution in [2.24, 2.45) is 5.73 Å². The van der Waals surface area contributed by atoms with E-state index < -0.39 is 29.2 Å². The molecule has 0 aliphatic rings. The van der Waals surface area contributed by atoms with E-state index in [1.54, 1.807) is 26.0 Å². The number of carboxylic acid groups (broad SMARTS) is 1. The number of benzene rings is 1. The van der Waals surface area contributed by atoms with Gasteiger partial charge in [0, 0.05) is 0 Å². The van der Waals surface area contributed by atoms with Crippen molar-refractivity contribution in [2.75, 3.05) is 0 Å². The lowest BCUT2D eigenvalue weighted by Gasteiger charge is -2.15. The van der Waals surface area contributed by atoms with Gasteiger partial charge in [-0.25, -0.2) is 9.59 Å². The highest BCUT2D eigenvalue weighted by atomic mass is 32.1. The van der Waals surface area contributed by atoms with Crippen molar-refractivity contribution in [2.45, 2.75) is 19.9 Å². The molecule has 1 unspecified atom stereocenters. The van der Waals surface area contributed by atoms with Crippen LogP contribution in [0.4, 0.5) is 0 Å². The normalized spacial score (nSPS) is 12.2. The largest absolute Gasteiger partial charge is 0.478 e. The molecule has 0 aliphatic carbocycles. The third-order valence-electron chi connectivity index (χ3n) is 4.21. The Morgan fingerprint density at radius 2 is 1.96 bits per heavy atom. The summed E-state index contributed by atoms with van der Waals surface area (Å²) in [6.07, 6.45) is 0. The van der Waals surface area contributed by atoms with E-state index in [4.69, 9.17) is 10.8 Å². The summed E-state index contributed by atoms with van der Waals surface area (Å²) in [5.74, 6) is -1.72. The molecule has 0 radical (unpaired) electrons. The van der Waals surface area contributed by atoms with Gasteiger partial charge in [-0.15, -0.1) is 11.3 Å². The summed E-state index contributed by atoms with van der Waals surface area (Å²) in [6, 6.07) is 5.38. The lowest BCUT2D eigenvalue weighted by Crippen LogP contribution is -2.37. The average Bonchev–Trinajstić information content (AvgIpc) is 2.98. The zero-order chi connectivity index (χ0) is 19.2. The molecule has 9 heteroatoms. The number of aromatic carboxylic acids is 1. The molecule has 0 fully saturated rings. The van der Waals surface area contributed by atoms with Gasteiger partial charge in [0.2, 0.25) is 0 Å². The van der Waals surface area contributed by atoms with Crippen molar-refractivity contribution in [3.63, 3.8) is 0 Å². The first-order chi connectivity index (χ1) is 12.2. The van der Waals surface area contributed by atoms with Crippen LogP contribution in [0.1, 0.15) is 44.1 Å². The molecule has 1 atom stereocenters. The molecule has 134 valence electrons. The van der Waals surface area contributed by atoms with Crippen molar-refractivity contribution in [1.29, 1.82) is 0 Å². The van der Waals surface area contributed by atoms with E-state index in [-0.39, 0.29) is 20.7 Å². The van der Waals surface area contributed by atoms with Crippen LogP contribution in [0.5, 0.6) is 0 Å². The van der Waals surface area contributed by atoms with Crippen LogP contribution in [-0.4, -0.2) is 26.5 Å². The lowest BCUT2D eigenvalue weighted by molar-refractivity contribution is 0.0696. The van der Waals surface area contributed by atoms with Gasteiger partial charge in [-0.3, -0.25) is 19.1 Å². The molecule has 4 N–H and O–H groups in total. The molecule has 8 nitrogen and oxygen atoms in total. The number of carbonyl (C=O) groups excluding carboxylic acids is 1. The number of carboxylic acids is 1. The van der Waals surface area contributed by atoms with E-state index in [2.05, 4.69) is 4.98 Å². The predicted molar refractivity (Wildman–Crippen MR) is 97.2 cm³/mol. The molecule has 0 saturated heterocycles. The number of H-pyrrole nitrogens is 1. The third-order valence-corrected chi connectivity index (χ3v) is 5.28. The number of thiophene rings is 1. The number of carbonyl (C=O) groups is 2. The Labute approximate surface area is 150 Å². The Morgan fingerprint density at radius 3 is 2.54 bits per heavy atom. The molecule has 2 heterocycles. The zero-order valence-corrected chi connectivity index (χ0v) is 14.7. The predicted octanol–water partition coefficient (Wildman–Crippen LogP) is 1.47. The van der Waals surface area contributed by atoms with Gasteiger partial charge in [0.15, 0.2) is 0 Å². The maximum Gasteiger partial charge on any atom is 0.335 e. The third kappa shape index (κ3) is 2.82. The summed E-state index contributed by atoms with van der Waals surface area (Å²) in [7, 11) is 0. The van der Waals surface area contributed by atoms with E-state index in [0.29, 0.717) is 11.1 Å². The molecule has 1 amide bonds. The Bertz CT molecular complexity index is 1170. The molecule has 1 aromatic carbocycles. The number of hydrogen-bond donors (Lipinski definition) is 3. The van der Waals surface area contributed by atoms with E-state index in [1.807, 2.05) is 0 Å². The number of primary amides is 1. The highest BCUT2D eigenvalue weighted by Crippen LogP contribution is 2.22. The van der Waals surface area contributed by atoms with E-state index in [0.717, 1.165) is 15.9 Å². The van der Waals surface area contributed by atoms with Crippen LogP contribution in [0.25, 0.3) is 10.2 Å². The van der Waals surface area contributed by atoms with Gasteiger partial charge in [-0.2, -0.15) is 0 Å². The van der Waals surface area contributed by atoms with Crippen molar-refractivity contribution < 1.29 is 14.7 Å². The Kier molecular flexibility index (Phi) is 4.25. The smallest absolute Gasteiger partial charge is 0.335 e. The zero-order valence-electron chi connectivity index (χ0n) is 13.9. The maximum atomic E-state index is 12.8. The number of nitrogens with zero attached hydrogens (tertiary/aromatic N) is 1. The summed E-state index contributed by atoms with van der Waals surface area (Å²) >= 11 is 0.949. The Hall–Kier alpha value is -3.20. The fourth-order valence-corrected chi connectivity index (χ4v) is 3.72. The lowest BCUT2D eigenvalue weighted by atomic mass is 10.0. The first kappa shape index (κ1) is 17.6. The van der Waals surface area contributed by atoms with Crippen LogP contribution in [0.15, 0.2) is 33.9 Å². The van der Waals surface area contributed by atoms with Crippen molar-refractivity contribution in [1.82, 2.24) is 9.55 Å². The highest BCUT2D eigenvalue weighted by Gasteiger charge is 2.19. The van der Waals surface area contributed by atoms with Gasteiger partial charge in [-0.1, -0.05) is 12.1 Å². The second-order valence-electron chi connectivity index (χ2n) is 5.88. The standard InChI is InChI=1S/C17H15N3O5S/c1-7-5-9(3-4-10(7)16(23)24)8(2)20-15(22)11-6-12(13(18)21)26-14(11)19-17(20)25/h3-6,8H,1-2H3,(H2,18,21)(H,19,25)(H,23,24). The molecule has 26 heavy (non-hydrogen) atoms. The molecule has 3 aromatic rings. The van der Waals surface area contributed by atoms with Gasteiger partial charge < -0.3 is 10.8 Å². The molecule has 2 aromatic heterocycles. The summed E-state index contributed by atoms with van der Waals surface area (Å²) in [4.78, 5) is 50.7. The Balaban J connectivity index is 2.17. The second-order valence-corrected chi connectivity index (χ2v) is 6.93. The van der Waals surface area contributed by atoms with Gasteiger partial charge >= 0.3 is 11.7 Å². The molecular weight excluding hydrogens is 358 g/mol. The van der Waals surface area contributed by atoms with Gasteiger partial charge in [0.25, 0.3) is 11.5 Å². The number of rotatable bonds is 4. The van der Waals surface area contributed by atoms with Crippen LogP contribution >= 0.6 is 11.3 Å². The number of aromatic amines is 1. The van der Waals surface area contributed by atoms with Crippen molar-refractivity contribution in [3.8, 4) is 0 Å². The van der Waals surface area contributed by atoms with Crippen LogP contribution in [0.2, 0.25) is 0 Å². The summed E-state index contributed by atoms with van der Waals surface area (Å²) in [5.41, 5.74) is 5.37. The van der Waals surface area contributed by atoms with E-state index in [1.165, 1.54) is 12.1 Å². The number of aryl methyl sites for hydroxylation is 1. The molecule has 3 rings (SSSR count). The Morgan fingerprint density at radius 1 is 1.27 bits per heavy atom. The topological polar surface area (TPSA) is 135 Å². The first-order valence-corrected chi connectivity index (χ1v) is 8.44. The monoisotopic (exact) mass is 373 g/mol. The minimum absolute atomic E-state index is 0.154. The number of amides is 1. The van der Waals surface area contributed by atoms with Crippen LogP contribution in [0, 0.1) is 6.92 Å². The first-order valence-electron chi connectivity index (χ1n) is 7.62. The summed E-state index contributed by atoms with van der Waals surface area (Å²) in [5, 5.41) is 9.32. The van der Waals surface area contributed by atoms with Crippen molar-refractivity contribution in [3.05, 3.63) is 66.7 Å². The number of hydrogen-bond acceptors (Lipinski definition) is 5. The highest BCUT2D eigenvalue weighted by molar-refractivity contribution is 7.20. The molecule has 0 spiro atoms. The molecule has 0 saturated carbocycles. The van der Waals surface area contributed by atoms with Crippen molar-refractivity contribution >= 4 is 33.4 Å². The fraction of sp³-hybridized carbons (Fsp3) is 0.176. The van der Waals surface area contributed by atoms with E-state index in [9.17, 15) is 19.2 Å². The molecular formula is C17H15N3O5S. The summed E-state index contributed by atoms with van der Waals surface area (Å²) < 4.78 is 1.04. The average molecular weight is 373 g/mol. The van der Waals surface area contributed by atoms with Crippen LogP contribution < -0.4 is 17.0 Å². The minimum atomic E-state index is -1.05. The fourth-order valence-electron chi connectivity index (χ4n) is 2.83. The summed E-state index contributed by atoms with van der Waals surface area (Å²) in [6.45, 7) is 3.31. The number of aromatic nitrogens is 2. The van der Waals surface area contributed by atoms with Crippen LogP contribution in [-0.2, 0) is 0 Å². The SMILES string of the molecule is Cc1cc(C(C)n2c(=O)[nH]c3sc(C(N)=O)cc3c2=O)ccc1C(=O)O. The molecule has 0 bridgehead atoms. The quantitative estimate of drug-likeness (QED) is 0.636. The maximum absolute atomic E-state index is 12.8. The second kappa shape index (κ2) is 6.26.